The molecule has 1 amide bonds. The monoisotopic (exact) mass is 303 g/mol. The van der Waals surface area contributed by atoms with Gasteiger partial charge in [0.25, 0.3) is 0 Å². The van der Waals surface area contributed by atoms with Crippen molar-refractivity contribution < 1.29 is 4.79 Å². The number of hydrogen-bond donors (Lipinski definition) is 1. The summed E-state index contributed by atoms with van der Waals surface area (Å²) in [5, 5.41) is 0. The van der Waals surface area contributed by atoms with Gasteiger partial charge in [0.05, 0.1) is 0 Å². The molecule has 122 valence electrons. The van der Waals surface area contributed by atoms with E-state index in [9.17, 15) is 4.79 Å². The van der Waals surface area contributed by atoms with Gasteiger partial charge in [-0.05, 0) is 32.3 Å². The number of rotatable bonds is 5. The third-order valence-electron chi connectivity index (χ3n) is 4.49. The molecule has 1 fully saturated rings. The van der Waals surface area contributed by atoms with E-state index < -0.39 is 0 Å². The molecule has 1 saturated heterocycles. The molecule has 0 spiro atoms. The average molecular weight is 303 g/mol. The Kier molecular flexibility index (Phi) is 6.40. The van der Waals surface area contributed by atoms with Crippen molar-refractivity contribution in [1.82, 2.24) is 9.80 Å². The molecule has 2 unspecified atom stereocenters. The maximum Gasteiger partial charge on any atom is 0.222 e. The van der Waals surface area contributed by atoms with E-state index in [4.69, 9.17) is 5.73 Å². The van der Waals surface area contributed by atoms with Crippen LogP contribution in [0.25, 0.3) is 0 Å². The van der Waals surface area contributed by atoms with Gasteiger partial charge in [-0.25, -0.2) is 0 Å². The van der Waals surface area contributed by atoms with Crippen LogP contribution in [0.4, 0.5) is 0 Å². The molecule has 22 heavy (non-hydrogen) atoms. The van der Waals surface area contributed by atoms with Crippen molar-refractivity contribution in [2.75, 3.05) is 19.6 Å². The van der Waals surface area contributed by atoms with Crippen LogP contribution in [0.1, 0.15) is 38.7 Å². The van der Waals surface area contributed by atoms with E-state index in [1.54, 1.807) is 0 Å². The van der Waals surface area contributed by atoms with Crippen molar-refractivity contribution in [3.8, 4) is 0 Å². The number of amides is 1. The van der Waals surface area contributed by atoms with Crippen molar-refractivity contribution >= 4 is 5.91 Å². The minimum absolute atomic E-state index is 0.101. The molecule has 0 aromatic heterocycles. The molecular weight excluding hydrogens is 274 g/mol. The third kappa shape index (κ3) is 5.11. The van der Waals surface area contributed by atoms with Gasteiger partial charge in [0.15, 0.2) is 0 Å². The summed E-state index contributed by atoms with van der Waals surface area (Å²) in [5.74, 6) is 0.256. The molecule has 1 aromatic rings. The average Bonchev–Trinajstić information content (AvgIpc) is 2.69. The first-order chi connectivity index (χ1) is 10.6. The molecule has 1 aliphatic rings. The number of nitrogens with two attached hydrogens (primary N) is 1. The molecule has 2 rings (SSSR count). The van der Waals surface area contributed by atoms with Crippen LogP contribution in [0.5, 0.6) is 0 Å². The second-order valence-corrected chi connectivity index (χ2v) is 6.49. The van der Waals surface area contributed by atoms with E-state index in [0.717, 1.165) is 39.0 Å². The van der Waals surface area contributed by atoms with E-state index in [2.05, 4.69) is 36.1 Å². The summed E-state index contributed by atoms with van der Waals surface area (Å²) in [4.78, 5) is 16.8. The normalized spacial score (nSPS) is 21.4. The van der Waals surface area contributed by atoms with E-state index in [-0.39, 0.29) is 11.9 Å². The van der Waals surface area contributed by atoms with Crippen molar-refractivity contribution in [3.05, 3.63) is 35.9 Å². The fourth-order valence-electron chi connectivity index (χ4n) is 2.92. The fourth-order valence-corrected chi connectivity index (χ4v) is 2.92. The molecule has 1 aromatic carbocycles. The van der Waals surface area contributed by atoms with Gasteiger partial charge in [0.2, 0.25) is 5.91 Å². The van der Waals surface area contributed by atoms with Crippen LogP contribution in [0, 0.1) is 0 Å². The van der Waals surface area contributed by atoms with Gasteiger partial charge in [-0.1, -0.05) is 30.3 Å². The second-order valence-electron chi connectivity index (χ2n) is 6.49. The summed E-state index contributed by atoms with van der Waals surface area (Å²) < 4.78 is 0. The van der Waals surface area contributed by atoms with Gasteiger partial charge in [-0.2, -0.15) is 0 Å². The van der Waals surface area contributed by atoms with Crippen LogP contribution >= 0.6 is 0 Å². The number of nitrogens with zero attached hydrogens (tertiary/aromatic N) is 2. The van der Waals surface area contributed by atoms with Gasteiger partial charge in [-0.15, -0.1) is 0 Å². The zero-order valence-electron chi connectivity index (χ0n) is 13.9. The fraction of sp³-hybridized carbons (Fsp3) is 0.611. The Bertz CT molecular complexity index is 461. The quantitative estimate of drug-likeness (QED) is 0.907. The van der Waals surface area contributed by atoms with Gasteiger partial charge < -0.3 is 10.6 Å². The Hall–Kier alpha value is -1.39. The smallest absolute Gasteiger partial charge is 0.222 e. The molecule has 1 aliphatic heterocycles. The Morgan fingerprint density at radius 3 is 2.68 bits per heavy atom. The number of carbonyl (C=O) groups excluding carboxylic acids is 1. The first-order valence-corrected chi connectivity index (χ1v) is 8.37. The lowest BCUT2D eigenvalue weighted by atomic mass is 10.1. The number of benzene rings is 1. The summed E-state index contributed by atoms with van der Waals surface area (Å²) >= 11 is 0. The topological polar surface area (TPSA) is 49.6 Å². The van der Waals surface area contributed by atoms with Gasteiger partial charge in [0, 0.05) is 44.7 Å². The molecular formula is C18H29N3O. The Labute approximate surface area is 134 Å². The molecule has 2 atom stereocenters. The van der Waals surface area contributed by atoms with Crippen LogP contribution < -0.4 is 5.73 Å². The highest BCUT2D eigenvalue weighted by molar-refractivity contribution is 5.76. The highest BCUT2D eigenvalue weighted by Crippen LogP contribution is 2.15. The molecule has 4 nitrogen and oxygen atoms in total. The summed E-state index contributed by atoms with van der Waals surface area (Å²) in [6, 6.07) is 11.2. The molecule has 1 heterocycles. The van der Waals surface area contributed by atoms with Crippen LogP contribution in [-0.2, 0) is 11.3 Å². The minimum Gasteiger partial charge on any atom is -0.341 e. The van der Waals surface area contributed by atoms with Gasteiger partial charge >= 0.3 is 0 Å². The summed E-state index contributed by atoms with van der Waals surface area (Å²) in [5.41, 5.74) is 7.09. The zero-order valence-corrected chi connectivity index (χ0v) is 13.9. The second kappa shape index (κ2) is 8.30. The SMILES string of the molecule is CC(N)CCC(=O)N1CCC(C)N(Cc2ccccc2)CC1. The Morgan fingerprint density at radius 2 is 2.00 bits per heavy atom. The summed E-state index contributed by atoms with van der Waals surface area (Å²) in [6.45, 7) is 7.82. The lowest BCUT2D eigenvalue weighted by molar-refractivity contribution is -0.131. The van der Waals surface area contributed by atoms with E-state index in [0.29, 0.717) is 12.5 Å². The molecule has 0 bridgehead atoms. The molecule has 0 radical (unpaired) electrons. The molecule has 2 N–H and O–H groups in total. The first-order valence-electron chi connectivity index (χ1n) is 8.37. The molecule has 4 heteroatoms. The van der Waals surface area contributed by atoms with Crippen LogP contribution in [-0.4, -0.2) is 47.4 Å². The van der Waals surface area contributed by atoms with Gasteiger partial charge in [0.1, 0.15) is 0 Å². The van der Waals surface area contributed by atoms with E-state index >= 15 is 0 Å². The van der Waals surface area contributed by atoms with Crippen LogP contribution in [0.2, 0.25) is 0 Å². The Morgan fingerprint density at radius 1 is 1.27 bits per heavy atom. The van der Waals surface area contributed by atoms with Crippen molar-refractivity contribution in [2.24, 2.45) is 5.73 Å². The Balaban J connectivity index is 1.88. The highest BCUT2D eigenvalue weighted by Gasteiger charge is 2.23. The van der Waals surface area contributed by atoms with Crippen LogP contribution in [0.15, 0.2) is 30.3 Å². The first kappa shape index (κ1) is 17.0. The lowest BCUT2D eigenvalue weighted by Gasteiger charge is -2.26. The lowest BCUT2D eigenvalue weighted by Crippen LogP contribution is -2.36. The zero-order chi connectivity index (χ0) is 15.9. The predicted octanol–water partition coefficient (Wildman–Crippen LogP) is 2.24. The minimum atomic E-state index is 0.101. The molecule has 0 aliphatic carbocycles. The summed E-state index contributed by atoms with van der Waals surface area (Å²) in [7, 11) is 0. The number of hydrogen-bond acceptors (Lipinski definition) is 3. The van der Waals surface area contributed by atoms with Crippen molar-refractivity contribution in [2.45, 2.75) is 51.7 Å². The summed E-state index contributed by atoms with van der Waals surface area (Å²) in [6.07, 6.45) is 2.39. The van der Waals surface area contributed by atoms with Gasteiger partial charge in [-0.3, -0.25) is 9.69 Å². The van der Waals surface area contributed by atoms with E-state index in [1.165, 1.54) is 5.56 Å². The maximum atomic E-state index is 12.3. The van der Waals surface area contributed by atoms with Crippen molar-refractivity contribution in [1.29, 1.82) is 0 Å². The predicted molar refractivity (Wildman–Crippen MR) is 90.4 cm³/mol. The molecule has 0 saturated carbocycles. The van der Waals surface area contributed by atoms with Crippen LogP contribution in [0.3, 0.4) is 0 Å². The third-order valence-corrected chi connectivity index (χ3v) is 4.49. The maximum absolute atomic E-state index is 12.3. The largest absolute Gasteiger partial charge is 0.341 e. The van der Waals surface area contributed by atoms with E-state index in [1.807, 2.05) is 17.9 Å². The standard InChI is InChI=1S/C18H29N3O/c1-15(19)8-9-18(22)20-11-10-16(2)21(13-12-20)14-17-6-4-3-5-7-17/h3-7,15-16H,8-14,19H2,1-2H3. The van der Waals surface area contributed by atoms with Crippen molar-refractivity contribution in [3.63, 3.8) is 0 Å². The highest BCUT2D eigenvalue weighted by atomic mass is 16.2. The number of carbonyl (C=O) groups is 1.